The van der Waals surface area contributed by atoms with Crippen LogP contribution < -0.4 is 5.32 Å². The first-order valence-electron chi connectivity index (χ1n) is 7.81. The van der Waals surface area contributed by atoms with Crippen LogP contribution in [0.4, 0.5) is 0 Å². The van der Waals surface area contributed by atoms with Gasteiger partial charge in [0, 0.05) is 26.2 Å². The summed E-state index contributed by atoms with van der Waals surface area (Å²) in [6, 6.07) is 0. The quantitative estimate of drug-likeness (QED) is 0.896. The lowest BCUT2D eigenvalue weighted by atomic mass is 9.95. The monoisotopic (exact) mass is 290 g/mol. The zero-order valence-electron chi connectivity index (χ0n) is 12.5. The molecule has 0 bridgehead atoms. The first-order valence-corrected chi connectivity index (χ1v) is 7.81. The van der Waals surface area contributed by atoms with Gasteiger partial charge in [-0.05, 0) is 32.6 Å². The standard InChI is InChI=1S/C15H22N4O2/c1-2-16-14(20)13-12-6-5-11(9-19(12)10-17-13)15(21)18-7-3-4-8-18/h10-11H,2-9H2,1H3,(H,16,20). The second-order valence-corrected chi connectivity index (χ2v) is 5.82. The Morgan fingerprint density at radius 1 is 1.38 bits per heavy atom. The number of carbonyl (C=O) groups is 2. The highest BCUT2D eigenvalue weighted by Crippen LogP contribution is 2.25. The fourth-order valence-corrected chi connectivity index (χ4v) is 3.30. The van der Waals surface area contributed by atoms with Gasteiger partial charge in [-0.25, -0.2) is 4.98 Å². The average molecular weight is 290 g/mol. The lowest BCUT2D eigenvalue weighted by Gasteiger charge is -2.27. The number of imidazole rings is 1. The average Bonchev–Trinajstić information content (AvgIpc) is 3.15. The molecule has 0 saturated carbocycles. The predicted molar refractivity (Wildman–Crippen MR) is 77.9 cm³/mol. The van der Waals surface area contributed by atoms with Gasteiger partial charge in [-0.3, -0.25) is 9.59 Å². The molecule has 6 heteroatoms. The van der Waals surface area contributed by atoms with Gasteiger partial charge in [-0.15, -0.1) is 0 Å². The van der Waals surface area contributed by atoms with Crippen LogP contribution in [0.1, 0.15) is 42.4 Å². The molecule has 2 aliphatic rings. The number of carbonyl (C=O) groups excluding carboxylic acids is 2. The Bertz CT molecular complexity index is 546. The number of hydrogen-bond donors (Lipinski definition) is 1. The minimum atomic E-state index is -0.115. The fraction of sp³-hybridized carbons (Fsp3) is 0.667. The van der Waals surface area contributed by atoms with Crippen LogP contribution in [0.5, 0.6) is 0 Å². The Balaban J connectivity index is 1.71. The van der Waals surface area contributed by atoms with E-state index in [0.717, 1.165) is 44.5 Å². The number of rotatable bonds is 3. The molecule has 1 saturated heterocycles. The van der Waals surface area contributed by atoms with Crippen LogP contribution in [0, 0.1) is 5.92 Å². The summed E-state index contributed by atoms with van der Waals surface area (Å²) in [5, 5.41) is 2.79. The number of nitrogens with one attached hydrogen (secondary N) is 1. The molecule has 3 heterocycles. The van der Waals surface area contributed by atoms with Crippen molar-refractivity contribution in [3.05, 3.63) is 17.7 Å². The van der Waals surface area contributed by atoms with Crippen LogP contribution in [0.25, 0.3) is 0 Å². The number of hydrogen-bond acceptors (Lipinski definition) is 3. The maximum absolute atomic E-state index is 12.5. The van der Waals surface area contributed by atoms with Crippen molar-refractivity contribution >= 4 is 11.8 Å². The molecule has 2 aliphatic heterocycles. The van der Waals surface area contributed by atoms with E-state index in [1.165, 1.54) is 0 Å². The summed E-state index contributed by atoms with van der Waals surface area (Å²) in [7, 11) is 0. The third-order valence-corrected chi connectivity index (χ3v) is 4.41. The van der Waals surface area contributed by atoms with E-state index in [4.69, 9.17) is 0 Å². The molecule has 0 aromatic carbocycles. The zero-order valence-corrected chi connectivity index (χ0v) is 12.5. The molecule has 1 aromatic heterocycles. The second kappa shape index (κ2) is 5.87. The summed E-state index contributed by atoms with van der Waals surface area (Å²) in [4.78, 5) is 30.6. The molecule has 1 fully saturated rings. The number of amides is 2. The summed E-state index contributed by atoms with van der Waals surface area (Å²) in [6.07, 6.45) is 5.50. The van der Waals surface area contributed by atoms with Crippen molar-refractivity contribution in [3.63, 3.8) is 0 Å². The predicted octanol–water partition coefficient (Wildman–Crippen LogP) is 0.818. The van der Waals surface area contributed by atoms with Gasteiger partial charge in [0.2, 0.25) is 5.91 Å². The van der Waals surface area contributed by atoms with E-state index in [-0.39, 0.29) is 17.7 Å². The molecule has 1 aromatic rings. The van der Waals surface area contributed by atoms with Gasteiger partial charge in [0.1, 0.15) is 5.69 Å². The summed E-state index contributed by atoms with van der Waals surface area (Å²) in [6.45, 7) is 4.94. The highest BCUT2D eigenvalue weighted by Gasteiger charge is 2.31. The normalized spacial score (nSPS) is 21.2. The summed E-state index contributed by atoms with van der Waals surface area (Å²) in [5.74, 6) is 0.189. The van der Waals surface area contributed by atoms with Crippen LogP contribution in [-0.4, -0.2) is 45.9 Å². The lowest BCUT2D eigenvalue weighted by Crippen LogP contribution is -2.38. The summed E-state index contributed by atoms with van der Waals surface area (Å²) in [5.41, 5.74) is 1.48. The molecule has 1 N–H and O–H groups in total. The van der Waals surface area contributed by atoms with E-state index in [0.29, 0.717) is 18.8 Å². The molecule has 3 rings (SSSR count). The molecule has 0 spiro atoms. The Morgan fingerprint density at radius 3 is 2.86 bits per heavy atom. The van der Waals surface area contributed by atoms with Gasteiger partial charge in [0.25, 0.3) is 5.91 Å². The van der Waals surface area contributed by atoms with Crippen molar-refractivity contribution in [2.45, 2.75) is 39.2 Å². The number of aromatic nitrogens is 2. The molecule has 21 heavy (non-hydrogen) atoms. The smallest absolute Gasteiger partial charge is 0.271 e. The number of nitrogens with zero attached hydrogens (tertiary/aromatic N) is 3. The van der Waals surface area contributed by atoms with Gasteiger partial charge >= 0.3 is 0 Å². The van der Waals surface area contributed by atoms with Crippen LogP contribution in [-0.2, 0) is 17.8 Å². The number of fused-ring (bicyclic) bond motifs is 1. The van der Waals surface area contributed by atoms with Gasteiger partial charge < -0.3 is 14.8 Å². The third kappa shape index (κ3) is 2.66. The van der Waals surface area contributed by atoms with E-state index >= 15 is 0 Å². The SMILES string of the molecule is CCNC(=O)c1ncn2c1CCC(C(=O)N1CCCC1)C2. The molecule has 114 valence electrons. The minimum Gasteiger partial charge on any atom is -0.351 e. The Kier molecular flexibility index (Phi) is 3.94. The van der Waals surface area contributed by atoms with Crippen molar-refractivity contribution in [2.75, 3.05) is 19.6 Å². The highest BCUT2D eigenvalue weighted by atomic mass is 16.2. The van der Waals surface area contributed by atoms with Crippen LogP contribution >= 0.6 is 0 Å². The molecular formula is C15H22N4O2. The molecule has 0 radical (unpaired) electrons. The molecule has 2 amide bonds. The lowest BCUT2D eigenvalue weighted by molar-refractivity contribution is -0.135. The maximum atomic E-state index is 12.5. The van der Waals surface area contributed by atoms with Gasteiger partial charge in [0.05, 0.1) is 17.9 Å². The van der Waals surface area contributed by atoms with Gasteiger partial charge in [-0.1, -0.05) is 0 Å². The molecule has 1 atom stereocenters. The minimum absolute atomic E-state index is 0.0342. The Labute approximate surface area is 124 Å². The van der Waals surface area contributed by atoms with Gasteiger partial charge in [0.15, 0.2) is 0 Å². The van der Waals surface area contributed by atoms with Crippen LogP contribution in [0.2, 0.25) is 0 Å². The first-order chi connectivity index (χ1) is 10.2. The molecule has 0 aliphatic carbocycles. The Hall–Kier alpha value is -1.85. The molecule has 1 unspecified atom stereocenters. The van der Waals surface area contributed by atoms with Crippen molar-refractivity contribution in [1.82, 2.24) is 19.8 Å². The summed E-state index contributed by atoms with van der Waals surface area (Å²) < 4.78 is 1.98. The van der Waals surface area contributed by atoms with E-state index in [1.54, 1.807) is 6.33 Å². The van der Waals surface area contributed by atoms with Crippen molar-refractivity contribution in [1.29, 1.82) is 0 Å². The van der Waals surface area contributed by atoms with Gasteiger partial charge in [-0.2, -0.15) is 0 Å². The maximum Gasteiger partial charge on any atom is 0.271 e. The van der Waals surface area contributed by atoms with Crippen LogP contribution in [0.15, 0.2) is 6.33 Å². The fourth-order valence-electron chi connectivity index (χ4n) is 3.30. The largest absolute Gasteiger partial charge is 0.351 e. The van der Waals surface area contributed by atoms with E-state index in [9.17, 15) is 9.59 Å². The topological polar surface area (TPSA) is 67.2 Å². The zero-order chi connectivity index (χ0) is 14.8. The number of likely N-dealkylation sites (tertiary alicyclic amines) is 1. The third-order valence-electron chi connectivity index (χ3n) is 4.41. The van der Waals surface area contributed by atoms with E-state index < -0.39 is 0 Å². The molecular weight excluding hydrogens is 268 g/mol. The highest BCUT2D eigenvalue weighted by molar-refractivity contribution is 5.93. The van der Waals surface area contributed by atoms with E-state index in [2.05, 4.69) is 10.3 Å². The summed E-state index contributed by atoms with van der Waals surface area (Å²) >= 11 is 0. The van der Waals surface area contributed by atoms with Crippen LogP contribution in [0.3, 0.4) is 0 Å². The second-order valence-electron chi connectivity index (χ2n) is 5.82. The van der Waals surface area contributed by atoms with Crippen molar-refractivity contribution < 1.29 is 9.59 Å². The van der Waals surface area contributed by atoms with Crippen molar-refractivity contribution in [3.8, 4) is 0 Å². The van der Waals surface area contributed by atoms with E-state index in [1.807, 2.05) is 16.4 Å². The Morgan fingerprint density at radius 2 is 2.14 bits per heavy atom. The van der Waals surface area contributed by atoms with Crippen molar-refractivity contribution in [2.24, 2.45) is 5.92 Å². The molecule has 6 nitrogen and oxygen atoms in total. The first kappa shape index (κ1) is 14.1.